The second-order valence-electron chi connectivity index (χ2n) is 5.42. The first-order valence-corrected chi connectivity index (χ1v) is 9.74. The van der Waals surface area contributed by atoms with E-state index in [0.717, 1.165) is 25.7 Å². The molecule has 0 spiro atoms. The second kappa shape index (κ2) is 6.77. The van der Waals surface area contributed by atoms with E-state index in [4.69, 9.17) is 0 Å². The highest BCUT2D eigenvalue weighted by molar-refractivity contribution is 7.89. The molecule has 0 bridgehead atoms. The molecule has 1 amide bonds. The van der Waals surface area contributed by atoms with Gasteiger partial charge in [-0.25, -0.2) is 18.1 Å². The van der Waals surface area contributed by atoms with Gasteiger partial charge in [0, 0.05) is 23.2 Å². The number of carbonyl (C=O) groups excluding carboxylic acids is 1. The number of nitrogens with zero attached hydrogens (tertiary/aromatic N) is 1. The maximum Gasteiger partial charge on any atom is 0.257 e. The molecule has 6 nitrogen and oxygen atoms in total. The van der Waals surface area contributed by atoms with Crippen molar-refractivity contribution in [2.45, 2.75) is 36.6 Å². The smallest absolute Gasteiger partial charge is 0.257 e. The summed E-state index contributed by atoms with van der Waals surface area (Å²) in [4.78, 5) is 16.2. The van der Waals surface area contributed by atoms with Crippen molar-refractivity contribution in [1.82, 2.24) is 9.71 Å². The van der Waals surface area contributed by atoms with Crippen molar-refractivity contribution in [3.05, 3.63) is 41.4 Å². The van der Waals surface area contributed by atoms with E-state index < -0.39 is 10.0 Å². The van der Waals surface area contributed by atoms with Crippen LogP contribution >= 0.6 is 11.3 Å². The second-order valence-corrected chi connectivity index (χ2v) is 8.03. The van der Waals surface area contributed by atoms with Gasteiger partial charge in [0.25, 0.3) is 5.91 Å². The van der Waals surface area contributed by atoms with Gasteiger partial charge in [0.05, 0.1) is 4.90 Å². The van der Waals surface area contributed by atoms with Gasteiger partial charge in [-0.05, 0) is 37.1 Å². The fourth-order valence-electron chi connectivity index (χ4n) is 2.57. The fourth-order valence-corrected chi connectivity index (χ4v) is 4.40. The normalized spacial score (nSPS) is 15.7. The van der Waals surface area contributed by atoms with Crippen LogP contribution in [0.3, 0.4) is 0 Å². The number of aromatic nitrogens is 1. The molecule has 122 valence electrons. The Morgan fingerprint density at radius 1 is 1.17 bits per heavy atom. The fraction of sp³-hybridized carbons (Fsp3) is 0.333. The minimum atomic E-state index is -3.53. The number of benzene rings is 1. The molecule has 1 aliphatic rings. The summed E-state index contributed by atoms with van der Waals surface area (Å²) in [5.41, 5.74) is 0.389. The van der Waals surface area contributed by atoms with Crippen molar-refractivity contribution >= 4 is 32.4 Å². The molecule has 0 aliphatic heterocycles. The summed E-state index contributed by atoms with van der Waals surface area (Å²) in [5.74, 6) is -0.312. The number of hydrogen-bond acceptors (Lipinski definition) is 5. The molecule has 1 aliphatic carbocycles. The molecule has 0 atom stereocenters. The first-order valence-electron chi connectivity index (χ1n) is 7.38. The number of sulfonamides is 1. The molecule has 1 aromatic heterocycles. The number of anilines is 1. The third-order valence-electron chi connectivity index (χ3n) is 3.76. The largest absolute Gasteiger partial charge is 0.298 e. The predicted octanol–water partition coefficient (Wildman–Crippen LogP) is 2.62. The maximum atomic E-state index is 12.3. The van der Waals surface area contributed by atoms with Crippen LogP contribution in [0.25, 0.3) is 0 Å². The lowest BCUT2D eigenvalue weighted by molar-refractivity contribution is 0.102. The number of amides is 1. The number of hydrogen-bond donors (Lipinski definition) is 2. The van der Waals surface area contributed by atoms with Crippen molar-refractivity contribution in [1.29, 1.82) is 0 Å². The molecule has 1 heterocycles. The molecule has 23 heavy (non-hydrogen) atoms. The molecule has 0 saturated heterocycles. The predicted molar refractivity (Wildman–Crippen MR) is 89.1 cm³/mol. The van der Waals surface area contributed by atoms with Gasteiger partial charge in [-0.1, -0.05) is 12.8 Å². The Bertz CT molecular complexity index is 765. The average molecular weight is 351 g/mol. The van der Waals surface area contributed by atoms with Crippen LogP contribution in [0.1, 0.15) is 36.0 Å². The van der Waals surface area contributed by atoms with Gasteiger partial charge in [-0.2, -0.15) is 0 Å². The van der Waals surface area contributed by atoms with E-state index in [2.05, 4.69) is 15.0 Å². The van der Waals surface area contributed by atoms with Crippen molar-refractivity contribution in [3.8, 4) is 0 Å². The van der Waals surface area contributed by atoms with Crippen molar-refractivity contribution in [2.24, 2.45) is 0 Å². The Hall–Kier alpha value is -1.77. The summed E-state index contributed by atoms with van der Waals surface area (Å²) < 4.78 is 27.3. The third-order valence-corrected chi connectivity index (χ3v) is 5.98. The van der Waals surface area contributed by atoms with E-state index in [1.165, 1.54) is 35.6 Å². The Labute approximate surface area is 139 Å². The maximum absolute atomic E-state index is 12.3. The van der Waals surface area contributed by atoms with Gasteiger partial charge >= 0.3 is 0 Å². The molecule has 1 fully saturated rings. The van der Waals surface area contributed by atoms with E-state index in [0.29, 0.717) is 10.7 Å². The highest BCUT2D eigenvalue weighted by atomic mass is 32.2. The van der Waals surface area contributed by atoms with Gasteiger partial charge in [0.15, 0.2) is 5.13 Å². The van der Waals surface area contributed by atoms with Crippen molar-refractivity contribution in [2.75, 3.05) is 5.32 Å². The van der Waals surface area contributed by atoms with Crippen LogP contribution in [0, 0.1) is 0 Å². The molecule has 0 radical (unpaired) electrons. The molecule has 2 N–H and O–H groups in total. The Balaban J connectivity index is 1.69. The Kier molecular flexibility index (Phi) is 4.74. The van der Waals surface area contributed by atoms with Gasteiger partial charge in [0.2, 0.25) is 10.0 Å². The quantitative estimate of drug-likeness (QED) is 0.867. The Morgan fingerprint density at radius 2 is 1.87 bits per heavy atom. The van der Waals surface area contributed by atoms with Crippen molar-refractivity contribution < 1.29 is 13.2 Å². The number of thiazole rings is 1. The molecule has 8 heteroatoms. The van der Waals surface area contributed by atoms with Crippen LogP contribution in [-0.2, 0) is 10.0 Å². The minimum Gasteiger partial charge on any atom is -0.298 e. The molecular weight excluding hydrogens is 334 g/mol. The van der Waals surface area contributed by atoms with Crippen LogP contribution in [0.2, 0.25) is 0 Å². The van der Waals surface area contributed by atoms with E-state index in [-0.39, 0.29) is 16.8 Å². The zero-order chi connectivity index (χ0) is 16.3. The summed E-state index contributed by atoms with van der Waals surface area (Å²) in [6.45, 7) is 0. The lowest BCUT2D eigenvalue weighted by Gasteiger charge is -2.12. The van der Waals surface area contributed by atoms with Gasteiger partial charge < -0.3 is 0 Å². The topological polar surface area (TPSA) is 88.2 Å². The molecular formula is C15H17N3O3S2. The highest BCUT2D eigenvalue weighted by Crippen LogP contribution is 2.21. The monoisotopic (exact) mass is 351 g/mol. The summed E-state index contributed by atoms with van der Waals surface area (Å²) in [7, 11) is -3.53. The zero-order valence-corrected chi connectivity index (χ0v) is 14.0. The van der Waals surface area contributed by atoms with Gasteiger partial charge in [0.1, 0.15) is 0 Å². The van der Waals surface area contributed by atoms with Crippen LogP contribution in [-0.4, -0.2) is 25.4 Å². The van der Waals surface area contributed by atoms with Gasteiger partial charge in [-0.3, -0.25) is 10.1 Å². The lowest BCUT2D eigenvalue weighted by atomic mass is 10.2. The third kappa shape index (κ3) is 3.95. The first kappa shape index (κ1) is 16.1. The molecule has 3 rings (SSSR count). The van der Waals surface area contributed by atoms with Crippen molar-refractivity contribution in [3.63, 3.8) is 0 Å². The van der Waals surface area contributed by atoms with E-state index in [9.17, 15) is 13.2 Å². The Morgan fingerprint density at radius 3 is 2.48 bits per heavy atom. The molecule has 1 saturated carbocycles. The number of carbonyl (C=O) groups is 1. The molecule has 1 aromatic carbocycles. The van der Waals surface area contributed by atoms with Crippen LogP contribution in [0.5, 0.6) is 0 Å². The van der Waals surface area contributed by atoms with E-state index in [1.54, 1.807) is 11.6 Å². The minimum absolute atomic E-state index is 0.0212. The standard InChI is InChI=1S/C15H17N3O3S2/c19-14(17-15-16-9-10-22-15)11-5-7-13(8-6-11)23(20,21)18-12-3-1-2-4-12/h5-10,12,18H,1-4H2,(H,16,17,19). The molecule has 0 unspecified atom stereocenters. The van der Waals surface area contributed by atoms with Gasteiger partial charge in [-0.15, -0.1) is 11.3 Å². The van der Waals surface area contributed by atoms with Crippen LogP contribution in [0.4, 0.5) is 5.13 Å². The first-order chi connectivity index (χ1) is 11.0. The summed E-state index contributed by atoms with van der Waals surface area (Å²) in [5, 5.41) is 4.93. The van der Waals surface area contributed by atoms with Crippen LogP contribution in [0.15, 0.2) is 40.7 Å². The van der Waals surface area contributed by atoms with Crippen LogP contribution < -0.4 is 10.0 Å². The average Bonchev–Trinajstić information content (AvgIpc) is 3.21. The summed E-state index contributed by atoms with van der Waals surface area (Å²) in [6.07, 6.45) is 5.48. The number of nitrogens with one attached hydrogen (secondary N) is 2. The summed E-state index contributed by atoms with van der Waals surface area (Å²) >= 11 is 1.32. The SMILES string of the molecule is O=C(Nc1nccs1)c1ccc(S(=O)(=O)NC2CCCC2)cc1. The summed E-state index contributed by atoms with van der Waals surface area (Å²) in [6, 6.07) is 5.94. The van der Waals surface area contributed by atoms with E-state index >= 15 is 0 Å². The zero-order valence-electron chi connectivity index (χ0n) is 12.4. The van der Waals surface area contributed by atoms with E-state index in [1.807, 2.05) is 0 Å². The molecule has 2 aromatic rings. The highest BCUT2D eigenvalue weighted by Gasteiger charge is 2.23. The lowest BCUT2D eigenvalue weighted by Crippen LogP contribution is -2.32. The number of rotatable bonds is 5.